The van der Waals surface area contributed by atoms with Gasteiger partial charge in [-0.15, -0.1) is 5.10 Å². The number of carbonyl (C=O) groups is 1. The monoisotopic (exact) mass is 417 g/mol. The van der Waals surface area contributed by atoms with Crippen molar-refractivity contribution in [3.8, 4) is 0 Å². The number of aromatic nitrogens is 4. The molecule has 0 bridgehead atoms. The number of hydrogen-bond acceptors (Lipinski definition) is 4. The molecule has 2 aromatic heterocycles. The van der Waals surface area contributed by atoms with Crippen LogP contribution in [0.15, 0.2) is 24.3 Å². The quantitative estimate of drug-likeness (QED) is 0.655. The van der Waals surface area contributed by atoms with Gasteiger partial charge in [0.15, 0.2) is 0 Å². The molecule has 0 saturated carbocycles. The molecule has 0 aliphatic heterocycles. The minimum atomic E-state index is -4.74. The highest BCUT2D eigenvalue weighted by Gasteiger charge is 2.37. The summed E-state index contributed by atoms with van der Waals surface area (Å²) in [6.07, 6.45) is -9.50. The molecule has 0 radical (unpaired) electrons. The van der Waals surface area contributed by atoms with Gasteiger partial charge in [-0.25, -0.2) is 9.50 Å². The zero-order valence-electron chi connectivity index (χ0n) is 15.0. The molecule has 0 unspecified atom stereocenters. The van der Waals surface area contributed by atoms with Crippen molar-refractivity contribution < 1.29 is 31.1 Å². The smallest absolute Gasteiger partial charge is 0.326 e. The van der Waals surface area contributed by atoms with Gasteiger partial charge in [-0.2, -0.15) is 31.3 Å². The minimum absolute atomic E-state index is 0.146. The van der Waals surface area contributed by atoms with Gasteiger partial charge < -0.3 is 5.32 Å². The summed E-state index contributed by atoms with van der Waals surface area (Å²) in [5.74, 6) is -2.17. The van der Waals surface area contributed by atoms with Crippen LogP contribution in [0.1, 0.15) is 28.3 Å². The van der Waals surface area contributed by atoms with E-state index < -0.39 is 29.6 Å². The number of alkyl halides is 6. The third kappa shape index (κ3) is 4.30. The van der Waals surface area contributed by atoms with Crippen LogP contribution < -0.4 is 5.32 Å². The Bertz CT molecular complexity index is 1070. The Balaban J connectivity index is 1.83. The lowest BCUT2D eigenvalue weighted by Crippen LogP contribution is -2.18. The molecule has 0 saturated heterocycles. The Morgan fingerprint density at radius 1 is 1.00 bits per heavy atom. The molecule has 0 fully saturated rings. The van der Waals surface area contributed by atoms with E-state index in [0.717, 1.165) is 28.8 Å². The molecule has 29 heavy (non-hydrogen) atoms. The summed E-state index contributed by atoms with van der Waals surface area (Å²) in [7, 11) is 0. The molecule has 0 aliphatic carbocycles. The van der Waals surface area contributed by atoms with Crippen molar-refractivity contribution in [1.29, 1.82) is 0 Å². The SMILES string of the molecule is Cc1nc2nc(C(F)(F)F)nn2c(C)c1CC(=O)Nc1ccc(C(F)(F)F)cc1. The third-order valence-corrected chi connectivity index (χ3v) is 4.14. The van der Waals surface area contributed by atoms with Gasteiger partial charge in [0.1, 0.15) is 0 Å². The van der Waals surface area contributed by atoms with Crippen molar-refractivity contribution in [1.82, 2.24) is 19.6 Å². The summed E-state index contributed by atoms with van der Waals surface area (Å²) in [4.78, 5) is 19.6. The summed E-state index contributed by atoms with van der Waals surface area (Å²) in [5, 5.41) is 5.83. The van der Waals surface area contributed by atoms with Crippen LogP contribution in [0.5, 0.6) is 0 Å². The molecule has 1 N–H and O–H groups in total. The van der Waals surface area contributed by atoms with Crippen LogP contribution in [-0.2, 0) is 23.6 Å². The van der Waals surface area contributed by atoms with Crippen molar-refractivity contribution in [3.63, 3.8) is 0 Å². The van der Waals surface area contributed by atoms with E-state index >= 15 is 0 Å². The zero-order chi connectivity index (χ0) is 21.6. The van der Waals surface area contributed by atoms with Gasteiger partial charge in [0.2, 0.25) is 5.91 Å². The lowest BCUT2D eigenvalue weighted by molar-refractivity contribution is -0.144. The van der Waals surface area contributed by atoms with Crippen molar-refractivity contribution >= 4 is 17.4 Å². The summed E-state index contributed by atoms with van der Waals surface area (Å²) >= 11 is 0. The molecular formula is C17H13F6N5O. The minimum Gasteiger partial charge on any atom is -0.326 e. The van der Waals surface area contributed by atoms with Gasteiger partial charge in [0, 0.05) is 22.6 Å². The molecule has 6 nitrogen and oxygen atoms in total. The second-order valence-corrected chi connectivity index (χ2v) is 6.21. The number of amides is 1. The number of rotatable bonds is 3. The van der Waals surface area contributed by atoms with Crippen molar-refractivity contribution in [2.75, 3.05) is 5.32 Å². The molecule has 2 heterocycles. The number of benzene rings is 1. The Morgan fingerprint density at radius 2 is 1.62 bits per heavy atom. The summed E-state index contributed by atoms with van der Waals surface area (Å²) in [6.45, 7) is 2.98. The number of carbonyl (C=O) groups excluding carboxylic acids is 1. The maximum Gasteiger partial charge on any atom is 0.453 e. The van der Waals surface area contributed by atoms with E-state index in [1.807, 2.05) is 0 Å². The number of anilines is 1. The third-order valence-electron chi connectivity index (χ3n) is 4.14. The van der Waals surface area contributed by atoms with E-state index in [-0.39, 0.29) is 23.6 Å². The summed E-state index contributed by atoms with van der Waals surface area (Å²) in [6, 6.07) is 3.87. The van der Waals surface area contributed by atoms with E-state index in [9.17, 15) is 31.1 Å². The van der Waals surface area contributed by atoms with Gasteiger partial charge in [-0.05, 0) is 38.1 Å². The molecule has 1 aromatic carbocycles. The molecule has 12 heteroatoms. The lowest BCUT2D eigenvalue weighted by atomic mass is 10.1. The van der Waals surface area contributed by atoms with Crippen molar-refractivity contribution in [2.45, 2.75) is 32.6 Å². The normalized spacial score (nSPS) is 12.4. The number of nitrogens with zero attached hydrogens (tertiary/aromatic N) is 4. The second-order valence-electron chi connectivity index (χ2n) is 6.21. The predicted octanol–water partition coefficient (Wildman–Crippen LogP) is 3.96. The number of nitrogens with one attached hydrogen (secondary N) is 1. The predicted molar refractivity (Wildman–Crippen MR) is 89.0 cm³/mol. The van der Waals surface area contributed by atoms with E-state index in [1.54, 1.807) is 0 Å². The number of fused-ring (bicyclic) bond motifs is 1. The Kier molecular flexibility index (Phi) is 4.97. The fourth-order valence-electron chi connectivity index (χ4n) is 2.69. The molecule has 154 valence electrons. The van der Waals surface area contributed by atoms with Crippen LogP contribution in [0, 0.1) is 13.8 Å². The second kappa shape index (κ2) is 7.01. The first-order chi connectivity index (χ1) is 13.4. The van der Waals surface area contributed by atoms with Gasteiger partial charge in [-0.3, -0.25) is 4.79 Å². The fourth-order valence-corrected chi connectivity index (χ4v) is 2.69. The van der Waals surface area contributed by atoms with Gasteiger partial charge in [-0.1, -0.05) is 0 Å². The molecule has 0 spiro atoms. The first-order valence-corrected chi connectivity index (χ1v) is 8.13. The van der Waals surface area contributed by atoms with E-state index in [0.29, 0.717) is 11.3 Å². The van der Waals surface area contributed by atoms with Crippen molar-refractivity contribution in [2.24, 2.45) is 0 Å². The van der Waals surface area contributed by atoms with Gasteiger partial charge >= 0.3 is 12.4 Å². The summed E-state index contributed by atoms with van der Waals surface area (Å²) in [5.41, 5.74) is 0.160. The van der Waals surface area contributed by atoms with Crippen LogP contribution in [0.25, 0.3) is 5.78 Å². The Morgan fingerprint density at radius 3 is 2.17 bits per heavy atom. The zero-order valence-corrected chi connectivity index (χ0v) is 15.0. The number of halogens is 6. The molecule has 3 rings (SSSR count). The Hall–Kier alpha value is -3.18. The standard InChI is InChI=1S/C17H13F6N5O/c1-8-12(9(2)28-15(24-8)26-14(27-28)17(21,22)23)7-13(29)25-11-5-3-10(4-6-11)16(18,19)20/h3-6H,7H2,1-2H3,(H,25,29). The highest BCUT2D eigenvalue weighted by molar-refractivity contribution is 5.92. The van der Waals surface area contributed by atoms with E-state index in [4.69, 9.17) is 0 Å². The average molecular weight is 417 g/mol. The number of aryl methyl sites for hydroxylation is 2. The highest BCUT2D eigenvalue weighted by atomic mass is 19.4. The van der Waals surface area contributed by atoms with Crippen LogP contribution in [0.3, 0.4) is 0 Å². The number of hydrogen-bond donors (Lipinski definition) is 1. The molecule has 0 aliphatic rings. The topological polar surface area (TPSA) is 72.2 Å². The maximum atomic E-state index is 12.8. The van der Waals surface area contributed by atoms with Crippen LogP contribution in [-0.4, -0.2) is 25.5 Å². The average Bonchev–Trinajstić information content (AvgIpc) is 3.03. The lowest BCUT2D eigenvalue weighted by Gasteiger charge is -2.11. The highest BCUT2D eigenvalue weighted by Crippen LogP contribution is 2.30. The maximum absolute atomic E-state index is 12.8. The van der Waals surface area contributed by atoms with E-state index in [1.165, 1.54) is 13.8 Å². The largest absolute Gasteiger partial charge is 0.453 e. The Labute approximate surface area is 159 Å². The first kappa shape index (κ1) is 20.6. The molecular weight excluding hydrogens is 404 g/mol. The first-order valence-electron chi connectivity index (χ1n) is 8.13. The molecule has 0 atom stereocenters. The van der Waals surface area contributed by atoms with Gasteiger partial charge in [0.25, 0.3) is 11.6 Å². The van der Waals surface area contributed by atoms with Crippen molar-refractivity contribution in [3.05, 3.63) is 52.6 Å². The van der Waals surface area contributed by atoms with Crippen LogP contribution >= 0.6 is 0 Å². The van der Waals surface area contributed by atoms with E-state index in [2.05, 4.69) is 20.4 Å². The summed E-state index contributed by atoms with van der Waals surface area (Å²) < 4.78 is 77.1. The fraction of sp³-hybridized carbons (Fsp3) is 0.294. The van der Waals surface area contributed by atoms with Crippen LogP contribution in [0.4, 0.5) is 32.0 Å². The van der Waals surface area contributed by atoms with Gasteiger partial charge in [0.05, 0.1) is 12.0 Å². The van der Waals surface area contributed by atoms with Crippen LogP contribution in [0.2, 0.25) is 0 Å². The molecule has 1 amide bonds. The molecule has 3 aromatic rings.